The summed E-state index contributed by atoms with van der Waals surface area (Å²) in [6.45, 7) is 0.850. The molecule has 8 heteroatoms. The number of urea groups is 1. The molecule has 2 amide bonds. The van der Waals surface area contributed by atoms with E-state index in [4.69, 9.17) is 0 Å². The molecular formula is C15H26F3N3O2. The minimum Gasteiger partial charge on any atom is -0.393 e. The number of amides is 2. The number of nitrogens with zero attached hydrogens (tertiary/aromatic N) is 1. The maximum atomic E-state index is 12.3. The second-order valence-electron chi connectivity index (χ2n) is 6.78. The Hall–Kier alpha value is -1.02. The van der Waals surface area contributed by atoms with E-state index < -0.39 is 12.7 Å². The van der Waals surface area contributed by atoms with Crippen LogP contribution in [0.15, 0.2) is 0 Å². The number of hydrogen-bond donors (Lipinski definition) is 3. The number of nitrogens with one attached hydrogen (secondary N) is 2. The van der Waals surface area contributed by atoms with Crippen molar-refractivity contribution in [2.24, 2.45) is 11.8 Å². The minimum atomic E-state index is -4.16. The van der Waals surface area contributed by atoms with E-state index in [-0.39, 0.29) is 18.1 Å². The molecule has 0 aromatic carbocycles. The molecule has 0 spiro atoms. The van der Waals surface area contributed by atoms with Crippen molar-refractivity contribution in [1.29, 1.82) is 0 Å². The third-order valence-electron chi connectivity index (χ3n) is 4.63. The lowest BCUT2D eigenvalue weighted by molar-refractivity contribution is -0.143. The first-order valence-electron chi connectivity index (χ1n) is 8.30. The summed E-state index contributed by atoms with van der Waals surface area (Å²) in [5.41, 5.74) is 0. The van der Waals surface area contributed by atoms with Crippen molar-refractivity contribution in [1.82, 2.24) is 15.5 Å². The lowest BCUT2D eigenvalue weighted by atomic mass is 9.87. The average Bonchev–Trinajstić information content (AvgIpc) is 2.88. The summed E-state index contributed by atoms with van der Waals surface area (Å²) in [6, 6.07) is -0.278. The Labute approximate surface area is 134 Å². The van der Waals surface area contributed by atoms with Crippen molar-refractivity contribution in [3.05, 3.63) is 0 Å². The van der Waals surface area contributed by atoms with Crippen LogP contribution in [0, 0.1) is 11.8 Å². The van der Waals surface area contributed by atoms with E-state index in [0.29, 0.717) is 38.5 Å². The van der Waals surface area contributed by atoms with Gasteiger partial charge in [-0.2, -0.15) is 13.2 Å². The van der Waals surface area contributed by atoms with Gasteiger partial charge in [0, 0.05) is 19.6 Å². The fourth-order valence-corrected chi connectivity index (χ4v) is 3.46. The molecule has 2 fully saturated rings. The maximum Gasteiger partial charge on any atom is 0.401 e. The Kier molecular flexibility index (Phi) is 6.52. The molecule has 134 valence electrons. The molecule has 0 bridgehead atoms. The van der Waals surface area contributed by atoms with E-state index in [2.05, 4.69) is 10.6 Å². The van der Waals surface area contributed by atoms with Gasteiger partial charge in [-0.25, -0.2) is 4.79 Å². The Balaban J connectivity index is 1.58. The van der Waals surface area contributed by atoms with Crippen LogP contribution < -0.4 is 10.6 Å². The number of hydrogen-bond acceptors (Lipinski definition) is 3. The lowest BCUT2D eigenvalue weighted by Gasteiger charge is -2.26. The van der Waals surface area contributed by atoms with Crippen LogP contribution in [0.3, 0.4) is 0 Å². The van der Waals surface area contributed by atoms with Gasteiger partial charge in [-0.15, -0.1) is 0 Å². The van der Waals surface area contributed by atoms with Crippen molar-refractivity contribution >= 4 is 6.03 Å². The smallest absolute Gasteiger partial charge is 0.393 e. The summed E-state index contributed by atoms with van der Waals surface area (Å²) in [4.78, 5) is 13.1. The highest BCUT2D eigenvalue weighted by molar-refractivity contribution is 5.73. The minimum absolute atomic E-state index is 0.0691. The monoisotopic (exact) mass is 337 g/mol. The van der Waals surface area contributed by atoms with Gasteiger partial charge in [0.1, 0.15) is 0 Å². The SMILES string of the molecule is O=C(NCC1CCCC(O)C1)NCC1CCN(CC(F)(F)F)C1. The first-order valence-corrected chi connectivity index (χ1v) is 8.30. The summed E-state index contributed by atoms with van der Waals surface area (Å²) in [5, 5.41) is 15.1. The van der Waals surface area contributed by atoms with Crippen LogP contribution in [0.25, 0.3) is 0 Å². The summed E-state index contributed by atoms with van der Waals surface area (Å²) >= 11 is 0. The van der Waals surface area contributed by atoms with Crippen LogP contribution in [0.1, 0.15) is 32.1 Å². The van der Waals surface area contributed by atoms with Gasteiger partial charge in [0.2, 0.25) is 0 Å². The predicted molar refractivity (Wildman–Crippen MR) is 80.0 cm³/mol. The molecule has 5 nitrogen and oxygen atoms in total. The second-order valence-corrected chi connectivity index (χ2v) is 6.78. The molecule has 2 aliphatic rings. The van der Waals surface area contributed by atoms with Crippen molar-refractivity contribution in [3.63, 3.8) is 0 Å². The van der Waals surface area contributed by atoms with Gasteiger partial charge in [0.05, 0.1) is 12.6 Å². The molecule has 1 heterocycles. The fraction of sp³-hybridized carbons (Fsp3) is 0.933. The van der Waals surface area contributed by atoms with Gasteiger partial charge in [-0.05, 0) is 44.1 Å². The van der Waals surface area contributed by atoms with Gasteiger partial charge in [-0.3, -0.25) is 4.90 Å². The molecule has 23 heavy (non-hydrogen) atoms. The topological polar surface area (TPSA) is 64.6 Å². The number of aliphatic hydroxyl groups is 1. The third-order valence-corrected chi connectivity index (χ3v) is 4.63. The molecule has 1 saturated carbocycles. The molecular weight excluding hydrogens is 311 g/mol. The molecule has 0 aromatic heterocycles. The lowest BCUT2D eigenvalue weighted by Crippen LogP contribution is -2.42. The zero-order valence-corrected chi connectivity index (χ0v) is 13.2. The summed E-state index contributed by atoms with van der Waals surface area (Å²) in [6.07, 6.45) is -0.223. The normalized spacial score (nSPS) is 29.5. The molecule has 1 aliphatic heterocycles. The number of alkyl halides is 3. The first kappa shape index (κ1) is 18.3. The van der Waals surface area contributed by atoms with E-state index in [1.807, 2.05) is 0 Å². The number of aliphatic hydroxyl groups excluding tert-OH is 1. The van der Waals surface area contributed by atoms with E-state index in [0.717, 1.165) is 25.7 Å². The Morgan fingerprint density at radius 2 is 1.83 bits per heavy atom. The number of rotatable bonds is 5. The van der Waals surface area contributed by atoms with Crippen molar-refractivity contribution in [2.75, 3.05) is 32.7 Å². The number of carbonyl (C=O) groups excluding carboxylic acids is 1. The Bertz CT molecular complexity index is 393. The van der Waals surface area contributed by atoms with Gasteiger partial charge >= 0.3 is 12.2 Å². The van der Waals surface area contributed by atoms with Gasteiger partial charge in [0.25, 0.3) is 0 Å². The Morgan fingerprint density at radius 1 is 1.13 bits per heavy atom. The highest BCUT2D eigenvalue weighted by Gasteiger charge is 2.34. The molecule has 0 aromatic rings. The van der Waals surface area contributed by atoms with E-state index >= 15 is 0 Å². The van der Waals surface area contributed by atoms with Crippen LogP contribution in [0.4, 0.5) is 18.0 Å². The van der Waals surface area contributed by atoms with E-state index in [9.17, 15) is 23.1 Å². The van der Waals surface area contributed by atoms with E-state index in [1.165, 1.54) is 4.90 Å². The highest BCUT2D eigenvalue weighted by Crippen LogP contribution is 2.24. The Morgan fingerprint density at radius 3 is 2.48 bits per heavy atom. The van der Waals surface area contributed by atoms with Crippen LogP contribution in [-0.4, -0.2) is 61.0 Å². The largest absolute Gasteiger partial charge is 0.401 e. The average molecular weight is 337 g/mol. The third kappa shape index (κ3) is 6.95. The van der Waals surface area contributed by atoms with Crippen LogP contribution in [0.5, 0.6) is 0 Å². The zero-order chi connectivity index (χ0) is 16.9. The van der Waals surface area contributed by atoms with Crippen LogP contribution in [0.2, 0.25) is 0 Å². The predicted octanol–water partition coefficient (Wildman–Crippen LogP) is 1.72. The molecule has 3 atom stereocenters. The van der Waals surface area contributed by atoms with Gasteiger partial charge < -0.3 is 15.7 Å². The number of halogens is 3. The fourth-order valence-electron chi connectivity index (χ4n) is 3.46. The molecule has 1 aliphatic carbocycles. The molecule has 3 unspecified atom stereocenters. The molecule has 0 radical (unpaired) electrons. The second kappa shape index (κ2) is 8.19. The summed E-state index contributed by atoms with van der Waals surface area (Å²) < 4.78 is 36.9. The quantitative estimate of drug-likeness (QED) is 0.716. The summed E-state index contributed by atoms with van der Waals surface area (Å²) in [7, 11) is 0. The molecule has 1 saturated heterocycles. The molecule has 3 N–H and O–H groups in total. The molecule has 2 rings (SSSR count). The first-order chi connectivity index (χ1) is 10.8. The van der Waals surface area contributed by atoms with Gasteiger partial charge in [0.15, 0.2) is 0 Å². The van der Waals surface area contributed by atoms with Crippen LogP contribution in [-0.2, 0) is 0 Å². The van der Waals surface area contributed by atoms with E-state index in [1.54, 1.807) is 0 Å². The van der Waals surface area contributed by atoms with Crippen molar-refractivity contribution in [2.45, 2.75) is 44.4 Å². The number of likely N-dealkylation sites (tertiary alicyclic amines) is 1. The zero-order valence-electron chi connectivity index (χ0n) is 13.2. The van der Waals surface area contributed by atoms with Gasteiger partial charge in [-0.1, -0.05) is 6.42 Å². The maximum absolute atomic E-state index is 12.3. The number of carbonyl (C=O) groups is 1. The summed E-state index contributed by atoms with van der Waals surface area (Å²) in [5.74, 6) is 0.373. The van der Waals surface area contributed by atoms with Crippen molar-refractivity contribution in [3.8, 4) is 0 Å². The van der Waals surface area contributed by atoms with Crippen molar-refractivity contribution < 1.29 is 23.1 Å². The van der Waals surface area contributed by atoms with Crippen LogP contribution >= 0.6 is 0 Å². The standard InChI is InChI=1S/C15H26F3N3O2/c16-15(17,18)10-21-5-4-12(9-21)8-20-14(23)19-7-11-2-1-3-13(22)6-11/h11-13,22H,1-10H2,(H2,19,20,23). The highest BCUT2D eigenvalue weighted by atomic mass is 19.4.